The number of amides is 2. The molecule has 0 unspecified atom stereocenters. The Balaban J connectivity index is 2.28. The highest BCUT2D eigenvalue weighted by molar-refractivity contribution is 6.21. The molecule has 4 heteroatoms. The summed E-state index contributed by atoms with van der Waals surface area (Å²) in [4.78, 5) is 24.7. The van der Waals surface area contributed by atoms with Gasteiger partial charge < -0.3 is 0 Å². The highest BCUT2D eigenvalue weighted by Crippen LogP contribution is 2.21. The minimum absolute atomic E-state index is 0.0963. The highest BCUT2D eigenvalue weighted by Gasteiger charge is 2.34. The maximum Gasteiger partial charge on any atom is 0.262 e. The Hall–Kier alpha value is -1.79. The van der Waals surface area contributed by atoms with E-state index in [9.17, 15) is 9.59 Å². The van der Waals surface area contributed by atoms with Gasteiger partial charge in [-0.25, -0.2) is 0 Å². The molecule has 80 valence electrons. The molecule has 1 aliphatic heterocycles. The molecule has 1 aromatic rings. The molecule has 1 aliphatic rings. The van der Waals surface area contributed by atoms with E-state index in [0.717, 1.165) is 4.90 Å². The normalized spacial score (nSPS) is 13.4. The lowest BCUT2D eigenvalue weighted by atomic mass is 10.1. The lowest BCUT2D eigenvalue weighted by molar-refractivity contribution is 0.0675. The van der Waals surface area contributed by atoms with Crippen molar-refractivity contribution in [2.45, 2.75) is 0 Å². The number of carbonyl (C=O) groups is 2. The van der Waals surface area contributed by atoms with E-state index in [0.29, 0.717) is 11.1 Å². The quantitative estimate of drug-likeness (QED) is 0.419. The summed E-state index contributed by atoms with van der Waals surface area (Å²) in [7, 11) is 0. The Bertz CT molecular complexity index is 478. The Kier molecular flexibility index (Phi) is 2.93. The van der Waals surface area contributed by atoms with E-state index in [-0.39, 0.29) is 24.2 Å². The van der Waals surface area contributed by atoms with E-state index >= 15 is 0 Å². The number of hydrogen-bond acceptors (Lipinski definition) is 2. The van der Waals surface area contributed by atoms with Crippen molar-refractivity contribution < 1.29 is 9.59 Å². The lowest BCUT2D eigenvalue weighted by Crippen LogP contribution is -2.29. The van der Waals surface area contributed by atoms with Crippen LogP contribution in [0.2, 0.25) is 0 Å². The van der Waals surface area contributed by atoms with Crippen molar-refractivity contribution in [1.29, 1.82) is 0 Å². The van der Waals surface area contributed by atoms with E-state index in [2.05, 4.69) is 11.8 Å². The van der Waals surface area contributed by atoms with Gasteiger partial charge in [-0.15, -0.1) is 11.6 Å². The van der Waals surface area contributed by atoms with Gasteiger partial charge in [0.2, 0.25) is 0 Å². The number of fused-ring (bicyclic) bond motifs is 1. The number of nitrogens with zero attached hydrogens (tertiary/aromatic N) is 1. The van der Waals surface area contributed by atoms with Crippen LogP contribution < -0.4 is 0 Å². The average Bonchev–Trinajstić information content (AvgIpc) is 2.55. The van der Waals surface area contributed by atoms with Gasteiger partial charge in [-0.1, -0.05) is 24.0 Å². The van der Waals surface area contributed by atoms with Crippen molar-refractivity contribution in [3.63, 3.8) is 0 Å². The van der Waals surface area contributed by atoms with Gasteiger partial charge in [0, 0.05) is 0 Å². The van der Waals surface area contributed by atoms with Crippen molar-refractivity contribution >= 4 is 23.4 Å². The molecule has 0 radical (unpaired) electrons. The van der Waals surface area contributed by atoms with Gasteiger partial charge in [0.25, 0.3) is 11.8 Å². The third-order valence-electron chi connectivity index (χ3n) is 2.31. The Morgan fingerprint density at radius 1 is 1.06 bits per heavy atom. The second-order valence-corrected chi connectivity index (χ2v) is 3.50. The summed E-state index contributed by atoms with van der Waals surface area (Å²) in [5.41, 5.74) is 0.889. The number of carbonyl (C=O) groups excluding carboxylic acids is 2. The third kappa shape index (κ3) is 1.68. The first-order chi connectivity index (χ1) is 7.75. The van der Waals surface area contributed by atoms with Gasteiger partial charge in [0.15, 0.2) is 0 Å². The summed E-state index contributed by atoms with van der Waals surface area (Å²) in [6, 6.07) is 6.75. The first-order valence-electron chi connectivity index (χ1n) is 4.72. The average molecular weight is 234 g/mol. The fourth-order valence-electron chi connectivity index (χ4n) is 1.56. The number of rotatable bonds is 1. The molecule has 1 heterocycles. The smallest absolute Gasteiger partial charge is 0.262 e. The zero-order valence-electron chi connectivity index (χ0n) is 8.37. The van der Waals surface area contributed by atoms with Crippen molar-refractivity contribution in [3.05, 3.63) is 35.4 Å². The number of hydrogen-bond donors (Lipinski definition) is 0. The van der Waals surface area contributed by atoms with Crippen LogP contribution in [0.3, 0.4) is 0 Å². The van der Waals surface area contributed by atoms with Crippen LogP contribution in [0.1, 0.15) is 20.7 Å². The highest BCUT2D eigenvalue weighted by atomic mass is 35.5. The molecule has 16 heavy (non-hydrogen) atoms. The fourth-order valence-corrected chi connectivity index (χ4v) is 1.66. The molecule has 0 aliphatic carbocycles. The zero-order chi connectivity index (χ0) is 11.5. The number of halogens is 1. The molecule has 2 amide bonds. The molecule has 0 saturated heterocycles. The zero-order valence-corrected chi connectivity index (χ0v) is 9.12. The molecular formula is C12H8ClNO2. The van der Waals surface area contributed by atoms with Crippen LogP contribution >= 0.6 is 11.6 Å². The summed E-state index contributed by atoms with van der Waals surface area (Å²) in [5, 5.41) is 0. The molecule has 0 N–H and O–H groups in total. The molecule has 0 atom stereocenters. The van der Waals surface area contributed by atoms with E-state index in [4.69, 9.17) is 11.6 Å². The van der Waals surface area contributed by atoms with Crippen LogP contribution in [0.15, 0.2) is 24.3 Å². The minimum atomic E-state index is -0.288. The molecule has 0 bridgehead atoms. The number of alkyl halides is 1. The predicted octanol–water partition coefficient (Wildman–Crippen LogP) is 1.52. The van der Waals surface area contributed by atoms with Crippen LogP contribution in [0, 0.1) is 11.8 Å². The van der Waals surface area contributed by atoms with Gasteiger partial charge in [-0.05, 0) is 12.1 Å². The molecule has 0 aromatic heterocycles. The van der Waals surface area contributed by atoms with Crippen LogP contribution in [0.25, 0.3) is 0 Å². The standard InChI is InChI=1S/C12H8ClNO2/c13-7-3-4-8-14-11(15)9-5-1-2-6-10(9)12(14)16/h1-2,5-6H,7-8H2. The van der Waals surface area contributed by atoms with E-state index < -0.39 is 0 Å². The molecule has 1 aromatic carbocycles. The molecule has 3 nitrogen and oxygen atoms in total. The third-order valence-corrected chi connectivity index (χ3v) is 2.44. The maximum absolute atomic E-state index is 11.8. The van der Waals surface area contributed by atoms with Gasteiger partial charge in [0.1, 0.15) is 0 Å². The SMILES string of the molecule is O=C1c2ccccc2C(=O)N1CC#CCCl. The van der Waals surface area contributed by atoms with Crippen molar-refractivity contribution in [2.75, 3.05) is 12.4 Å². The topological polar surface area (TPSA) is 37.4 Å². The van der Waals surface area contributed by atoms with Gasteiger partial charge >= 0.3 is 0 Å². The van der Waals surface area contributed by atoms with Crippen molar-refractivity contribution in [2.24, 2.45) is 0 Å². The largest absolute Gasteiger partial charge is 0.269 e. The molecule has 0 spiro atoms. The van der Waals surface area contributed by atoms with E-state index in [1.165, 1.54) is 0 Å². The number of benzene rings is 1. The first kappa shape index (κ1) is 10.7. The Morgan fingerprint density at radius 3 is 2.12 bits per heavy atom. The van der Waals surface area contributed by atoms with Gasteiger partial charge in [0.05, 0.1) is 23.6 Å². The fraction of sp³-hybridized carbons (Fsp3) is 0.167. The Morgan fingerprint density at radius 2 is 1.62 bits per heavy atom. The molecular weight excluding hydrogens is 226 g/mol. The Labute approximate surface area is 98.0 Å². The van der Waals surface area contributed by atoms with Crippen LogP contribution in [-0.2, 0) is 0 Å². The van der Waals surface area contributed by atoms with Crippen molar-refractivity contribution in [3.8, 4) is 11.8 Å². The van der Waals surface area contributed by atoms with Gasteiger partial charge in [-0.2, -0.15) is 0 Å². The predicted molar refractivity (Wildman–Crippen MR) is 60.3 cm³/mol. The summed E-state index contributed by atoms with van der Waals surface area (Å²) in [6.45, 7) is 0.0963. The van der Waals surface area contributed by atoms with Crippen molar-refractivity contribution in [1.82, 2.24) is 4.90 Å². The summed E-state index contributed by atoms with van der Waals surface area (Å²) in [5.74, 6) is 4.91. The maximum atomic E-state index is 11.8. The van der Waals surface area contributed by atoms with Crippen LogP contribution in [0.4, 0.5) is 0 Å². The summed E-state index contributed by atoms with van der Waals surface area (Å²) in [6.07, 6.45) is 0. The second kappa shape index (κ2) is 4.38. The molecule has 0 saturated carbocycles. The van der Waals surface area contributed by atoms with Crippen LogP contribution in [0.5, 0.6) is 0 Å². The summed E-state index contributed by atoms with van der Waals surface area (Å²) < 4.78 is 0. The van der Waals surface area contributed by atoms with E-state index in [1.807, 2.05) is 0 Å². The molecule has 0 fully saturated rings. The second-order valence-electron chi connectivity index (χ2n) is 3.23. The van der Waals surface area contributed by atoms with E-state index in [1.54, 1.807) is 24.3 Å². The molecule has 2 rings (SSSR count). The first-order valence-corrected chi connectivity index (χ1v) is 5.26. The minimum Gasteiger partial charge on any atom is -0.269 e. The van der Waals surface area contributed by atoms with Gasteiger partial charge in [-0.3, -0.25) is 14.5 Å². The lowest BCUT2D eigenvalue weighted by Gasteiger charge is -2.08. The number of imide groups is 1. The van der Waals surface area contributed by atoms with Crippen LogP contribution in [-0.4, -0.2) is 29.1 Å². The monoisotopic (exact) mass is 233 g/mol. The summed E-state index contributed by atoms with van der Waals surface area (Å²) >= 11 is 5.39.